The van der Waals surface area contributed by atoms with Gasteiger partial charge in [0, 0.05) is 6.54 Å². The summed E-state index contributed by atoms with van der Waals surface area (Å²) < 4.78 is 10.9. The second kappa shape index (κ2) is 5.89. The Balaban J connectivity index is 2.21. The molecule has 0 bridgehead atoms. The molecule has 0 fully saturated rings. The first kappa shape index (κ1) is 13.6. The summed E-state index contributed by atoms with van der Waals surface area (Å²) in [5.74, 6) is 0.605. The van der Waals surface area contributed by atoms with Crippen LogP contribution in [0.5, 0.6) is 5.75 Å². The lowest BCUT2D eigenvalue weighted by atomic mass is 10.1. The molecule has 19 heavy (non-hydrogen) atoms. The van der Waals surface area contributed by atoms with E-state index in [0.717, 1.165) is 23.9 Å². The van der Waals surface area contributed by atoms with Gasteiger partial charge < -0.3 is 14.1 Å². The zero-order chi connectivity index (χ0) is 13.8. The largest absolute Gasteiger partial charge is 0.492 e. The molecule has 0 atom stereocenters. The second-order valence-electron chi connectivity index (χ2n) is 4.93. The molecule has 0 aliphatic carbocycles. The van der Waals surface area contributed by atoms with Crippen LogP contribution in [0.15, 0.2) is 33.5 Å². The minimum absolute atomic E-state index is 0.376. The summed E-state index contributed by atoms with van der Waals surface area (Å²) in [6.07, 6.45) is 0.917. The number of aryl methyl sites for hydroxylation is 1. The van der Waals surface area contributed by atoms with E-state index in [1.165, 1.54) is 6.07 Å². The van der Waals surface area contributed by atoms with Gasteiger partial charge in [0.2, 0.25) is 0 Å². The Labute approximate surface area is 112 Å². The molecule has 0 N–H and O–H groups in total. The van der Waals surface area contributed by atoms with Crippen LogP contribution in [-0.4, -0.2) is 32.1 Å². The first-order valence-electron chi connectivity index (χ1n) is 6.38. The third kappa shape index (κ3) is 3.58. The molecule has 0 spiro atoms. The van der Waals surface area contributed by atoms with Gasteiger partial charge in [0.25, 0.3) is 0 Å². The van der Waals surface area contributed by atoms with Gasteiger partial charge in [-0.25, -0.2) is 4.79 Å². The third-order valence-corrected chi connectivity index (χ3v) is 2.87. The zero-order valence-corrected chi connectivity index (χ0v) is 11.6. The summed E-state index contributed by atoms with van der Waals surface area (Å²) in [6, 6.07) is 7.11. The highest BCUT2D eigenvalue weighted by Gasteiger charge is 2.07. The van der Waals surface area contributed by atoms with Crippen LogP contribution in [0.4, 0.5) is 0 Å². The van der Waals surface area contributed by atoms with Crippen molar-refractivity contribution < 1.29 is 9.15 Å². The van der Waals surface area contributed by atoms with Gasteiger partial charge in [0.05, 0.1) is 18.1 Å². The van der Waals surface area contributed by atoms with Crippen molar-refractivity contribution in [3.8, 4) is 5.75 Å². The molecule has 102 valence electrons. The maximum absolute atomic E-state index is 11.5. The lowest BCUT2D eigenvalue weighted by molar-refractivity contribution is 0.282. The molecule has 1 aromatic carbocycles. The standard InChI is InChI=1S/C15H19NO3/c1-11-5-6-13-12(9-11)14(10-15(17)19-13)18-8-4-7-16(2)3/h5-6,9-10H,4,7-8H2,1-3H3. The Morgan fingerprint density at radius 2 is 2.05 bits per heavy atom. The van der Waals surface area contributed by atoms with E-state index in [9.17, 15) is 4.79 Å². The molecule has 2 rings (SSSR count). The monoisotopic (exact) mass is 261 g/mol. The van der Waals surface area contributed by atoms with Crippen molar-refractivity contribution in [2.24, 2.45) is 0 Å². The maximum Gasteiger partial charge on any atom is 0.339 e. The van der Waals surface area contributed by atoms with E-state index in [1.807, 2.05) is 33.2 Å². The number of hydrogen-bond acceptors (Lipinski definition) is 4. The second-order valence-corrected chi connectivity index (χ2v) is 4.93. The fourth-order valence-corrected chi connectivity index (χ4v) is 1.93. The summed E-state index contributed by atoms with van der Waals surface area (Å²) >= 11 is 0. The van der Waals surface area contributed by atoms with Crippen molar-refractivity contribution in [1.29, 1.82) is 0 Å². The first-order chi connectivity index (χ1) is 9.06. The van der Waals surface area contributed by atoms with Gasteiger partial charge in [-0.1, -0.05) is 11.6 Å². The molecule has 0 unspecified atom stereocenters. The van der Waals surface area contributed by atoms with Crippen LogP contribution in [0.2, 0.25) is 0 Å². The SMILES string of the molecule is Cc1ccc2oc(=O)cc(OCCCN(C)C)c2c1. The van der Waals surface area contributed by atoms with Gasteiger partial charge in [0.15, 0.2) is 0 Å². The zero-order valence-electron chi connectivity index (χ0n) is 11.6. The smallest absolute Gasteiger partial charge is 0.339 e. The van der Waals surface area contributed by atoms with E-state index in [-0.39, 0.29) is 5.63 Å². The van der Waals surface area contributed by atoms with Crippen LogP contribution in [0, 0.1) is 6.92 Å². The Kier molecular flexibility index (Phi) is 4.22. The fraction of sp³-hybridized carbons (Fsp3) is 0.400. The van der Waals surface area contributed by atoms with Gasteiger partial charge in [0.1, 0.15) is 11.3 Å². The summed E-state index contributed by atoms with van der Waals surface area (Å²) in [5, 5.41) is 0.851. The van der Waals surface area contributed by atoms with Crippen LogP contribution in [0.3, 0.4) is 0 Å². The molecule has 4 heteroatoms. The minimum Gasteiger partial charge on any atom is -0.492 e. The molecule has 1 aromatic heterocycles. The molecule has 0 amide bonds. The number of nitrogens with zero attached hydrogens (tertiary/aromatic N) is 1. The average Bonchev–Trinajstić information content (AvgIpc) is 2.35. The summed E-state index contributed by atoms with van der Waals surface area (Å²) in [7, 11) is 4.05. The highest BCUT2D eigenvalue weighted by molar-refractivity contribution is 5.83. The van der Waals surface area contributed by atoms with Gasteiger partial charge in [-0.05, 0) is 39.6 Å². The molecule has 0 aliphatic heterocycles. The molecule has 0 saturated carbocycles. The van der Waals surface area contributed by atoms with Crippen molar-refractivity contribution in [1.82, 2.24) is 4.90 Å². The van der Waals surface area contributed by atoms with E-state index in [0.29, 0.717) is 17.9 Å². The van der Waals surface area contributed by atoms with Gasteiger partial charge >= 0.3 is 5.63 Å². The minimum atomic E-state index is -0.376. The Morgan fingerprint density at radius 3 is 2.79 bits per heavy atom. The molecule has 0 aliphatic rings. The first-order valence-corrected chi connectivity index (χ1v) is 6.38. The topological polar surface area (TPSA) is 42.7 Å². The fourth-order valence-electron chi connectivity index (χ4n) is 1.93. The average molecular weight is 261 g/mol. The van der Waals surface area contributed by atoms with Crippen molar-refractivity contribution in [2.45, 2.75) is 13.3 Å². The molecular weight excluding hydrogens is 242 g/mol. The van der Waals surface area contributed by atoms with E-state index in [1.54, 1.807) is 6.07 Å². The highest BCUT2D eigenvalue weighted by atomic mass is 16.5. The van der Waals surface area contributed by atoms with Crippen molar-refractivity contribution >= 4 is 11.0 Å². The summed E-state index contributed by atoms with van der Waals surface area (Å²) in [4.78, 5) is 13.6. The third-order valence-electron chi connectivity index (χ3n) is 2.87. The van der Waals surface area contributed by atoms with Crippen molar-refractivity contribution in [3.63, 3.8) is 0 Å². The van der Waals surface area contributed by atoms with Gasteiger partial charge in [-0.2, -0.15) is 0 Å². The number of rotatable bonds is 5. The van der Waals surface area contributed by atoms with E-state index < -0.39 is 0 Å². The molecule has 0 saturated heterocycles. The normalized spacial score (nSPS) is 11.2. The number of benzene rings is 1. The van der Waals surface area contributed by atoms with Crippen molar-refractivity contribution in [2.75, 3.05) is 27.2 Å². The number of hydrogen-bond donors (Lipinski definition) is 0. The van der Waals surface area contributed by atoms with E-state index >= 15 is 0 Å². The summed E-state index contributed by atoms with van der Waals surface area (Å²) in [5.41, 5.74) is 1.30. The Bertz CT molecular complexity index is 616. The van der Waals surface area contributed by atoms with Gasteiger partial charge in [-0.3, -0.25) is 0 Å². The quantitative estimate of drug-likeness (QED) is 0.612. The Hall–Kier alpha value is -1.81. The number of fused-ring (bicyclic) bond motifs is 1. The maximum atomic E-state index is 11.5. The van der Waals surface area contributed by atoms with Crippen LogP contribution in [-0.2, 0) is 0 Å². The lowest BCUT2D eigenvalue weighted by Crippen LogP contribution is -2.15. The van der Waals surface area contributed by atoms with Crippen LogP contribution in [0.25, 0.3) is 11.0 Å². The molecule has 0 radical (unpaired) electrons. The van der Waals surface area contributed by atoms with Crippen LogP contribution in [0.1, 0.15) is 12.0 Å². The van der Waals surface area contributed by atoms with Crippen LogP contribution >= 0.6 is 0 Å². The molecule has 2 aromatic rings. The Morgan fingerprint density at radius 1 is 1.26 bits per heavy atom. The predicted octanol–water partition coefficient (Wildman–Crippen LogP) is 2.43. The lowest BCUT2D eigenvalue weighted by Gasteiger charge is -2.11. The molecular formula is C15H19NO3. The van der Waals surface area contributed by atoms with Gasteiger partial charge in [-0.15, -0.1) is 0 Å². The molecule has 1 heterocycles. The summed E-state index contributed by atoms with van der Waals surface area (Å²) in [6.45, 7) is 3.55. The van der Waals surface area contributed by atoms with Crippen molar-refractivity contribution in [3.05, 3.63) is 40.2 Å². The number of ether oxygens (including phenoxy) is 1. The highest BCUT2D eigenvalue weighted by Crippen LogP contribution is 2.24. The molecule has 4 nitrogen and oxygen atoms in total. The van der Waals surface area contributed by atoms with E-state index in [2.05, 4.69) is 4.90 Å². The van der Waals surface area contributed by atoms with E-state index in [4.69, 9.17) is 9.15 Å². The van der Waals surface area contributed by atoms with Crippen LogP contribution < -0.4 is 10.4 Å². The predicted molar refractivity (Wildman–Crippen MR) is 75.9 cm³/mol.